The quantitative estimate of drug-likeness (QED) is 0.712. The molecule has 1 aromatic heterocycles. The average Bonchev–Trinajstić information content (AvgIpc) is 3.29. The lowest BCUT2D eigenvalue weighted by atomic mass is 9.87. The van der Waals surface area contributed by atoms with E-state index in [0.29, 0.717) is 53.8 Å². The van der Waals surface area contributed by atoms with Crippen LogP contribution in [0.4, 0.5) is 0 Å². The first-order valence-corrected chi connectivity index (χ1v) is 11.2. The smallest absolute Gasteiger partial charge is 0.256 e. The van der Waals surface area contributed by atoms with Crippen molar-refractivity contribution in [1.82, 2.24) is 9.88 Å². The number of ether oxygens (including phenoxy) is 3. The number of hydrogen-bond donors (Lipinski definition) is 1. The Bertz CT molecular complexity index is 1090. The summed E-state index contributed by atoms with van der Waals surface area (Å²) in [5.74, 6) is 0.488. The van der Waals surface area contributed by atoms with Crippen molar-refractivity contribution in [1.29, 1.82) is 0 Å². The van der Waals surface area contributed by atoms with Crippen LogP contribution in [0.2, 0.25) is 5.02 Å². The molecule has 0 bridgehead atoms. The summed E-state index contributed by atoms with van der Waals surface area (Å²) in [6.45, 7) is 5.77. The fourth-order valence-electron chi connectivity index (χ4n) is 4.84. The van der Waals surface area contributed by atoms with Gasteiger partial charge in [-0.1, -0.05) is 17.7 Å². The molecule has 4 rings (SSSR count). The second-order valence-electron chi connectivity index (χ2n) is 8.54. The molecule has 8 heteroatoms. The Kier molecular flexibility index (Phi) is 6.60. The van der Waals surface area contributed by atoms with Crippen LogP contribution in [0.3, 0.4) is 0 Å². The summed E-state index contributed by atoms with van der Waals surface area (Å²) >= 11 is 6.86. The van der Waals surface area contributed by atoms with Gasteiger partial charge in [-0.15, -0.1) is 0 Å². The van der Waals surface area contributed by atoms with Gasteiger partial charge in [-0.25, -0.2) is 0 Å². The zero-order chi connectivity index (χ0) is 23.0. The molecule has 2 atom stereocenters. The summed E-state index contributed by atoms with van der Waals surface area (Å²) in [5.41, 5.74) is 4.20. The van der Waals surface area contributed by atoms with E-state index in [1.807, 2.05) is 13.0 Å². The number of nitrogens with zero attached hydrogens (tertiary/aromatic N) is 1. The monoisotopic (exact) mass is 460 g/mol. The first-order valence-electron chi connectivity index (χ1n) is 10.8. The number of benzene rings is 1. The predicted octanol–water partition coefficient (Wildman–Crippen LogP) is 3.58. The third-order valence-corrected chi connectivity index (χ3v) is 6.91. The van der Waals surface area contributed by atoms with Gasteiger partial charge in [0, 0.05) is 37.4 Å². The molecule has 7 nitrogen and oxygen atoms in total. The number of fused-ring (bicyclic) bond motifs is 1. The standard InChI is InChI=1S/C24H29ClN2O5/c1-13-9-17(22(31-4)15-6-8-32-12-15)21(25)20-16(13)5-7-27(24(20)29)11-18-19(30-3)10-14(2)26-23(18)28/h9-10,15,22H,5-8,11-12H2,1-4H3,(H,26,28). The van der Waals surface area contributed by atoms with E-state index in [9.17, 15) is 9.59 Å². The highest BCUT2D eigenvalue weighted by Crippen LogP contribution is 2.40. The molecule has 2 unspecified atom stereocenters. The van der Waals surface area contributed by atoms with E-state index in [1.54, 1.807) is 25.0 Å². The molecule has 1 aromatic carbocycles. The molecule has 0 spiro atoms. The van der Waals surface area contributed by atoms with Crippen molar-refractivity contribution in [3.8, 4) is 5.75 Å². The zero-order valence-electron chi connectivity index (χ0n) is 18.9. The van der Waals surface area contributed by atoms with Crippen molar-refractivity contribution in [2.24, 2.45) is 5.92 Å². The lowest BCUT2D eigenvalue weighted by Crippen LogP contribution is -2.39. The van der Waals surface area contributed by atoms with Gasteiger partial charge in [-0.05, 0) is 43.9 Å². The molecule has 0 aliphatic carbocycles. The van der Waals surface area contributed by atoms with Crippen LogP contribution in [0.25, 0.3) is 0 Å². The Morgan fingerprint density at radius 3 is 2.72 bits per heavy atom. The summed E-state index contributed by atoms with van der Waals surface area (Å²) in [7, 11) is 3.19. The Labute approximate surface area is 192 Å². The predicted molar refractivity (Wildman–Crippen MR) is 122 cm³/mol. The van der Waals surface area contributed by atoms with Crippen LogP contribution >= 0.6 is 11.6 Å². The van der Waals surface area contributed by atoms with E-state index in [-0.39, 0.29) is 30.0 Å². The third-order valence-electron chi connectivity index (χ3n) is 6.51. The van der Waals surface area contributed by atoms with Crippen LogP contribution in [0.1, 0.15) is 50.8 Å². The molecule has 1 fully saturated rings. The maximum Gasteiger partial charge on any atom is 0.256 e. The van der Waals surface area contributed by atoms with Crippen molar-refractivity contribution in [3.63, 3.8) is 0 Å². The van der Waals surface area contributed by atoms with Crippen molar-refractivity contribution < 1.29 is 19.0 Å². The summed E-state index contributed by atoms with van der Waals surface area (Å²) in [5, 5.41) is 0.434. The summed E-state index contributed by atoms with van der Waals surface area (Å²) in [6.07, 6.45) is 1.32. The molecule has 2 aliphatic heterocycles. The molecule has 172 valence electrons. The van der Waals surface area contributed by atoms with Crippen LogP contribution < -0.4 is 10.3 Å². The summed E-state index contributed by atoms with van der Waals surface area (Å²) in [6, 6.07) is 3.81. The minimum Gasteiger partial charge on any atom is -0.496 e. The van der Waals surface area contributed by atoms with Crippen LogP contribution in [-0.2, 0) is 22.4 Å². The SMILES string of the molecule is COc1cc(C)[nH]c(=O)c1CN1CCc2c(C)cc(C(OC)C3CCOC3)c(Cl)c2C1=O. The van der Waals surface area contributed by atoms with Gasteiger partial charge < -0.3 is 24.1 Å². The number of H-pyrrole nitrogens is 1. The molecule has 1 N–H and O–H groups in total. The fourth-order valence-corrected chi connectivity index (χ4v) is 5.20. The lowest BCUT2D eigenvalue weighted by Gasteiger charge is -2.32. The van der Waals surface area contributed by atoms with Crippen molar-refractivity contribution in [2.45, 2.75) is 39.3 Å². The van der Waals surface area contributed by atoms with Crippen LogP contribution in [0.5, 0.6) is 5.75 Å². The van der Waals surface area contributed by atoms with Crippen LogP contribution in [0, 0.1) is 19.8 Å². The second-order valence-corrected chi connectivity index (χ2v) is 8.91. The number of nitrogens with one attached hydrogen (secondary N) is 1. The molecular formula is C24H29ClN2O5. The molecule has 3 heterocycles. The average molecular weight is 461 g/mol. The van der Waals surface area contributed by atoms with Gasteiger partial charge in [-0.3, -0.25) is 9.59 Å². The number of halogens is 1. The highest BCUT2D eigenvalue weighted by Gasteiger charge is 2.35. The molecule has 2 aromatic rings. The van der Waals surface area contributed by atoms with Gasteiger partial charge in [0.15, 0.2) is 0 Å². The third kappa shape index (κ3) is 4.05. The number of methoxy groups -OCH3 is 2. The molecular weight excluding hydrogens is 432 g/mol. The van der Waals surface area contributed by atoms with Crippen molar-refractivity contribution in [2.75, 3.05) is 34.0 Å². The van der Waals surface area contributed by atoms with E-state index in [2.05, 4.69) is 4.98 Å². The number of hydrogen-bond acceptors (Lipinski definition) is 5. The Hall–Kier alpha value is -2.35. The van der Waals surface area contributed by atoms with Crippen molar-refractivity contribution >= 4 is 17.5 Å². The Morgan fingerprint density at radius 2 is 2.06 bits per heavy atom. The Morgan fingerprint density at radius 1 is 1.28 bits per heavy atom. The molecule has 1 saturated heterocycles. The molecule has 32 heavy (non-hydrogen) atoms. The molecule has 0 radical (unpaired) electrons. The van der Waals surface area contributed by atoms with Gasteiger partial charge in [0.25, 0.3) is 11.5 Å². The number of amides is 1. The van der Waals surface area contributed by atoms with E-state index < -0.39 is 0 Å². The second kappa shape index (κ2) is 9.25. The first-order chi connectivity index (χ1) is 15.3. The number of aromatic amines is 1. The fraction of sp³-hybridized carbons (Fsp3) is 0.500. The van der Waals surface area contributed by atoms with Gasteiger partial charge in [0.2, 0.25) is 0 Å². The van der Waals surface area contributed by atoms with Gasteiger partial charge in [0.1, 0.15) is 5.75 Å². The van der Waals surface area contributed by atoms with E-state index >= 15 is 0 Å². The normalized spacial score (nSPS) is 19.2. The molecule has 0 saturated carbocycles. The number of carbonyl (C=O) groups is 1. The molecule has 2 aliphatic rings. The highest BCUT2D eigenvalue weighted by molar-refractivity contribution is 6.35. The summed E-state index contributed by atoms with van der Waals surface area (Å²) < 4.78 is 16.8. The largest absolute Gasteiger partial charge is 0.496 e. The van der Waals surface area contributed by atoms with Gasteiger partial charge >= 0.3 is 0 Å². The maximum atomic E-state index is 13.6. The lowest BCUT2D eigenvalue weighted by molar-refractivity contribution is 0.0443. The number of pyridine rings is 1. The highest BCUT2D eigenvalue weighted by atomic mass is 35.5. The minimum absolute atomic E-state index is 0.154. The number of rotatable bonds is 6. The van der Waals surface area contributed by atoms with E-state index in [0.717, 1.165) is 23.1 Å². The van der Waals surface area contributed by atoms with E-state index in [1.165, 1.54) is 7.11 Å². The molecule has 1 amide bonds. The zero-order valence-corrected chi connectivity index (χ0v) is 19.7. The van der Waals surface area contributed by atoms with Crippen LogP contribution in [-0.4, -0.2) is 49.8 Å². The van der Waals surface area contributed by atoms with Gasteiger partial charge in [-0.2, -0.15) is 0 Å². The topological polar surface area (TPSA) is 80.9 Å². The number of aromatic nitrogens is 1. The number of aryl methyl sites for hydroxylation is 2. The van der Waals surface area contributed by atoms with E-state index in [4.69, 9.17) is 25.8 Å². The van der Waals surface area contributed by atoms with Crippen molar-refractivity contribution in [3.05, 3.63) is 61.0 Å². The Balaban J connectivity index is 1.71. The minimum atomic E-state index is -0.253. The number of carbonyl (C=O) groups excluding carboxylic acids is 1. The maximum absolute atomic E-state index is 13.6. The van der Waals surface area contributed by atoms with Crippen LogP contribution in [0.15, 0.2) is 16.9 Å². The first kappa shape index (κ1) is 22.8. The van der Waals surface area contributed by atoms with Gasteiger partial charge in [0.05, 0.1) is 42.5 Å². The summed E-state index contributed by atoms with van der Waals surface area (Å²) in [4.78, 5) is 30.6.